The van der Waals surface area contributed by atoms with E-state index in [2.05, 4.69) is 31.2 Å². The van der Waals surface area contributed by atoms with Gasteiger partial charge < -0.3 is 19.4 Å². The molecule has 0 saturated carbocycles. The van der Waals surface area contributed by atoms with Crippen LogP contribution in [0, 0.1) is 0 Å². The lowest BCUT2D eigenvalue weighted by molar-refractivity contribution is 0.0992. The van der Waals surface area contributed by atoms with E-state index in [1.165, 1.54) is 0 Å². The zero-order chi connectivity index (χ0) is 19.2. The summed E-state index contributed by atoms with van der Waals surface area (Å²) >= 11 is 3.40. The topological polar surface area (TPSA) is 72.5 Å². The fourth-order valence-corrected chi connectivity index (χ4v) is 2.71. The van der Waals surface area contributed by atoms with Crippen LogP contribution in [0.1, 0.15) is 16.3 Å². The van der Waals surface area contributed by atoms with Crippen molar-refractivity contribution in [2.75, 3.05) is 26.0 Å². The maximum atomic E-state index is 12.3. The van der Waals surface area contributed by atoms with E-state index in [1.807, 2.05) is 38.4 Å². The number of carbonyl (C=O) groups is 1. The molecule has 0 unspecified atom stereocenters. The van der Waals surface area contributed by atoms with Gasteiger partial charge in [0.05, 0.1) is 18.4 Å². The van der Waals surface area contributed by atoms with Crippen LogP contribution in [-0.2, 0) is 13.2 Å². The number of nitrogens with one attached hydrogen (secondary N) is 1. The Morgan fingerprint density at radius 3 is 2.96 bits per heavy atom. The standard InChI is InChI=1S/C19H21BrN4O3/c1-23(2)8-9-24-12-15(11-21-24)22-19(25)18-7-6-17(27-18)13-26-16-5-3-4-14(20)10-16/h3-7,10-12H,8-9,13H2,1-2H3,(H,22,25). The lowest BCUT2D eigenvalue weighted by atomic mass is 10.3. The van der Waals surface area contributed by atoms with Crippen LogP contribution in [0.3, 0.4) is 0 Å². The molecule has 2 heterocycles. The summed E-state index contributed by atoms with van der Waals surface area (Å²) in [4.78, 5) is 14.4. The molecule has 3 aromatic rings. The van der Waals surface area contributed by atoms with Gasteiger partial charge in [0, 0.05) is 17.2 Å². The van der Waals surface area contributed by atoms with E-state index in [1.54, 1.807) is 29.2 Å². The maximum absolute atomic E-state index is 12.3. The van der Waals surface area contributed by atoms with Gasteiger partial charge in [0.1, 0.15) is 18.1 Å². The number of aromatic nitrogens is 2. The summed E-state index contributed by atoms with van der Waals surface area (Å²) in [6.45, 7) is 1.86. The highest BCUT2D eigenvalue weighted by atomic mass is 79.9. The summed E-state index contributed by atoms with van der Waals surface area (Å²) in [6.07, 6.45) is 3.41. The van der Waals surface area contributed by atoms with Gasteiger partial charge in [0.2, 0.25) is 0 Å². The number of nitrogens with zero attached hydrogens (tertiary/aromatic N) is 3. The van der Waals surface area contributed by atoms with Crippen LogP contribution >= 0.6 is 15.9 Å². The molecule has 142 valence electrons. The molecule has 0 aliphatic rings. The quantitative estimate of drug-likeness (QED) is 0.588. The van der Waals surface area contributed by atoms with E-state index in [9.17, 15) is 4.79 Å². The number of carbonyl (C=O) groups excluding carboxylic acids is 1. The van der Waals surface area contributed by atoms with Crippen molar-refractivity contribution in [3.63, 3.8) is 0 Å². The number of likely N-dealkylation sites (N-methyl/N-ethyl adjacent to an activating group) is 1. The van der Waals surface area contributed by atoms with Gasteiger partial charge in [-0.15, -0.1) is 0 Å². The van der Waals surface area contributed by atoms with E-state index in [0.717, 1.165) is 23.3 Å². The van der Waals surface area contributed by atoms with Gasteiger partial charge in [-0.25, -0.2) is 0 Å². The molecule has 0 spiro atoms. The number of benzene rings is 1. The van der Waals surface area contributed by atoms with E-state index in [0.29, 0.717) is 11.4 Å². The molecule has 0 aliphatic carbocycles. The minimum atomic E-state index is -0.323. The van der Waals surface area contributed by atoms with E-state index >= 15 is 0 Å². The molecule has 0 radical (unpaired) electrons. The molecule has 1 N–H and O–H groups in total. The third kappa shape index (κ3) is 5.70. The monoisotopic (exact) mass is 432 g/mol. The summed E-state index contributed by atoms with van der Waals surface area (Å²) < 4.78 is 14.0. The van der Waals surface area contributed by atoms with Crippen LogP contribution in [0.15, 0.2) is 57.7 Å². The highest BCUT2D eigenvalue weighted by molar-refractivity contribution is 9.10. The van der Waals surface area contributed by atoms with Crippen molar-refractivity contribution >= 4 is 27.5 Å². The molecule has 0 atom stereocenters. The first-order valence-electron chi connectivity index (χ1n) is 8.45. The molecule has 0 bridgehead atoms. The third-order valence-corrected chi connectivity index (χ3v) is 4.22. The lowest BCUT2D eigenvalue weighted by Crippen LogP contribution is -2.18. The lowest BCUT2D eigenvalue weighted by Gasteiger charge is -2.08. The zero-order valence-corrected chi connectivity index (χ0v) is 16.8. The fourth-order valence-electron chi connectivity index (χ4n) is 2.33. The molecule has 27 heavy (non-hydrogen) atoms. The molecular weight excluding hydrogens is 412 g/mol. The molecule has 2 aromatic heterocycles. The number of halogens is 1. The molecule has 8 heteroatoms. The number of hydrogen-bond donors (Lipinski definition) is 1. The Morgan fingerprint density at radius 2 is 2.19 bits per heavy atom. The molecule has 0 fully saturated rings. The Labute approximate surface area is 166 Å². The number of ether oxygens (including phenoxy) is 1. The van der Waals surface area contributed by atoms with Crippen LogP contribution < -0.4 is 10.1 Å². The normalized spacial score (nSPS) is 11.0. The van der Waals surface area contributed by atoms with Crippen molar-refractivity contribution in [3.8, 4) is 5.75 Å². The Bertz CT molecular complexity index is 904. The molecule has 0 aliphatic heterocycles. The first-order valence-corrected chi connectivity index (χ1v) is 9.24. The SMILES string of the molecule is CN(C)CCn1cc(NC(=O)c2ccc(COc3cccc(Br)c3)o2)cn1. The molecule has 1 aromatic carbocycles. The second kappa shape index (κ2) is 8.88. The van der Waals surface area contributed by atoms with Crippen molar-refractivity contribution in [2.24, 2.45) is 0 Å². The van der Waals surface area contributed by atoms with Gasteiger partial charge in [-0.2, -0.15) is 5.10 Å². The average molecular weight is 433 g/mol. The summed E-state index contributed by atoms with van der Waals surface area (Å²) in [5, 5.41) is 7.02. The molecule has 0 saturated heterocycles. The number of amides is 1. The zero-order valence-electron chi connectivity index (χ0n) is 15.2. The molecule has 7 nitrogen and oxygen atoms in total. The summed E-state index contributed by atoms with van der Waals surface area (Å²) in [7, 11) is 4.00. The summed E-state index contributed by atoms with van der Waals surface area (Å²) in [5.41, 5.74) is 0.627. The Morgan fingerprint density at radius 1 is 1.33 bits per heavy atom. The summed E-state index contributed by atoms with van der Waals surface area (Å²) in [6, 6.07) is 10.9. The number of hydrogen-bond acceptors (Lipinski definition) is 5. The van der Waals surface area contributed by atoms with Crippen molar-refractivity contribution in [3.05, 3.63) is 64.8 Å². The Kier molecular flexibility index (Phi) is 6.31. The van der Waals surface area contributed by atoms with Crippen LogP contribution in [-0.4, -0.2) is 41.2 Å². The fraction of sp³-hybridized carbons (Fsp3) is 0.263. The van der Waals surface area contributed by atoms with Crippen LogP contribution in [0.25, 0.3) is 0 Å². The average Bonchev–Trinajstić information content (AvgIpc) is 3.27. The maximum Gasteiger partial charge on any atom is 0.291 e. The summed E-state index contributed by atoms with van der Waals surface area (Å²) in [5.74, 6) is 1.19. The van der Waals surface area contributed by atoms with E-state index in [-0.39, 0.29) is 18.3 Å². The second-order valence-corrected chi connectivity index (χ2v) is 7.18. The highest BCUT2D eigenvalue weighted by Gasteiger charge is 2.13. The van der Waals surface area contributed by atoms with Crippen LogP contribution in [0.4, 0.5) is 5.69 Å². The van der Waals surface area contributed by atoms with Crippen LogP contribution in [0.2, 0.25) is 0 Å². The Balaban J connectivity index is 1.53. The smallest absolute Gasteiger partial charge is 0.291 e. The largest absolute Gasteiger partial charge is 0.486 e. The number of furan rings is 1. The van der Waals surface area contributed by atoms with Crippen molar-refractivity contribution in [1.82, 2.24) is 14.7 Å². The van der Waals surface area contributed by atoms with Crippen molar-refractivity contribution in [2.45, 2.75) is 13.2 Å². The first kappa shape index (κ1) is 19.2. The second-order valence-electron chi connectivity index (χ2n) is 6.26. The molecular formula is C19H21BrN4O3. The van der Waals surface area contributed by atoms with Gasteiger partial charge in [0.25, 0.3) is 5.91 Å². The minimum absolute atomic E-state index is 0.226. The van der Waals surface area contributed by atoms with Gasteiger partial charge in [0.15, 0.2) is 5.76 Å². The molecule has 3 rings (SSSR count). The predicted molar refractivity (Wildman–Crippen MR) is 106 cm³/mol. The first-order chi connectivity index (χ1) is 13.0. The van der Waals surface area contributed by atoms with E-state index in [4.69, 9.17) is 9.15 Å². The van der Waals surface area contributed by atoms with Crippen LogP contribution in [0.5, 0.6) is 5.75 Å². The Hall–Kier alpha value is -2.58. The van der Waals surface area contributed by atoms with E-state index < -0.39 is 0 Å². The minimum Gasteiger partial charge on any atom is -0.486 e. The third-order valence-electron chi connectivity index (χ3n) is 3.73. The van der Waals surface area contributed by atoms with Gasteiger partial charge >= 0.3 is 0 Å². The van der Waals surface area contributed by atoms with Crippen molar-refractivity contribution < 1.29 is 13.9 Å². The predicted octanol–water partition coefficient (Wildman–Crippen LogP) is 3.63. The number of rotatable bonds is 8. The van der Waals surface area contributed by atoms with Crippen molar-refractivity contribution in [1.29, 1.82) is 0 Å². The number of anilines is 1. The molecule has 1 amide bonds. The van der Waals surface area contributed by atoms with Gasteiger partial charge in [-0.3, -0.25) is 9.48 Å². The van der Waals surface area contributed by atoms with Gasteiger partial charge in [-0.1, -0.05) is 22.0 Å². The van der Waals surface area contributed by atoms with Gasteiger partial charge in [-0.05, 0) is 44.4 Å². The highest BCUT2D eigenvalue weighted by Crippen LogP contribution is 2.19.